The molecule has 0 amide bonds. The zero-order chi connectivity index (χ0) is 23.2. The van der Waals surface area contributed by atoms with Crippen molar-refractivity contribution in [3.63, 3.8) is 0 Å². The summed E-state index contributed by atoms with van der Waals surface area (Å²) < 4.78 is 79.8. The van der Waals surface area contributed by atoms with Gasteiger partial charge in [0.15, 0.2) is 11.6 Å². The van der Waals surface area contributed by atoms with Gasteiger partial charge in [0.2, 0.25) is 16.0 Å². The van der Waals surface area contributed by atoms with Crippen LogP contribution in [0.1, 0.15) is 18.4 Å². The number of sulfonamides is 1. The number of alkyl halides is 2. The van der Waals surface area contributed by atoms with Crippen LogP contribution in [0.2, 0.25) is 0 Å². The minimum atomic E-state index is -3.45. The first-order chi connectivity index (χ1) is 15.0. The highest BCUT2D eigenvalue weighted by atomic mass is 32.2. The van der Waals surface area contributed by atoms with E-state index >= 15 is 0 Å². The van der Waals surface area contributed by atoms with Crippen LogP contribution in [0.15, 0.2) is 24.5 Å². The zero-order valence-electron chi connectivity index (χ0n) is 16.6. The minimum absolute atomic E-state index is 0.0317. The molecule has 2 N–H and O–H groups in total. The number of hydrogen-bond acceptors (Lipinski definition) is 7. The maximum absolute atomic E-state index is 14.4. The van der Waals surface area contributed by atoms with Crippen molar-refractivity contribution in [3.05, 3.63) is 41.7 Å². The topological polar surface area (TPSA) is 113 Å². The van der Waals surface area contributed by atoms with Crippen molar-refractivity contribution in [2.24, 2.45) is 0 Å². The molecule has 0 unspecified atom stereocenters. The van der Waals surface area contributed by atoms with E-state index in [1.165, 1.54) is 0 Å². The van der Waals surface area contributed by atoms with Crippen LogP contribution < -0.4 is 5.32 Å². The van der Waals surface area contributed by atoms with E-state index in [9.17, 15) is 31.1 Å². The quantitative estimate of drug-likeness (QED) is 0.543. The predicted octanol–water partition coefficient (Wildman–Crippen LogP) is 1.81. The number of anilines is 1. The Morgan fingerprint density at radius 2 is 1.94 bits per heavy atom. The summed E-state index contributed by atoms with van der Waals surface area (Å²) in [4.78, 5) is 7.69. The lowest BCUT2D eigenvalue weighted by Gasteiger charge is -2.34. The Bertz CT molecular complexity index is 1270. The number of aliphatic hydroxyl groups excluding tert-OH is 1. The van der Waals surface area contributed by atoms with E-state index in [-0.39, 0.29) is 42.4 Å². The Hall–Kier alpha value is -2.84. The van der Waals surface area contributed by atoms with Crippen LogP contribution in [-0.2, 0) is 10.0 Å². The summed E-state index contributed by atoms with van der Waals surface area (Å²) in [6.45, 7) is 0.0541. The minimum Gasteiger partial charge on any atom is -0.390 e. The van der Waals surface area contributed by atoms with E-state index in [1.807, 2.05) is 0 Å². The molecule has 4 heterocycles. The SMILES string of the molecule is CS(=O)(=O)N1CC[C@@H](Nc2ncc3c(F)cc(-c4ncc(C(F)F)cc4F)n3n2)[C@H](O)C1. The number of fused-ring (bicyclic) bond motifs is 1. The fourth-order valence-corrected chi connectivity index (χ4v) is 4.35. The van der Waals surface area contributed by atoms with Crippen LogP contribution in [0.25, 0.3) is 16.9 Å². The first-order valence-corrected chi connectivity index (χ1v) is 11.3. The average molecular weight is 474 g/mol. The van der Waals surface area contributed by atoms with Crippen molar-refractivity contribution in [3.8, 4) is 11.4 Å². The maximum atomic E-state index is 14.4. The summed E-state index contributed by atoms with van der Waals surface area (Å²) in [5.74, 6) is -1.87. The molecule has 0 spiro atoms. The molecule has 0 aromatic carbocycles. The number of hydrogen-bond donors (Lipinski definition) is 2. The first kappa shape index (κ1) is 22.4. The molecular formula is C18H18F4N6O3S. The highest BCUT2D eigenvalue weighted by molar-refractivity contribution is 7.88. The summed E-state index contributed by atoms with van der Waals surface area (Å²) in [6, 6.07) is 0.992. The number of pyridine rings is 1. The summed E-state index contributed by atoms with van der Waals surface area (Å²) in [6.07, 6.45) is -0.726. The second-order valence-electron chi connectivity index (χ2n) is 7.38. The lowest BCUT2D eigenvalue weighted by molar-refractivity contribution is 0.0950. The van der Waals surface area contributed by atoms with Gasteiger partial charge >= 0.3 is 0 Å². The average Bonchev–Trinajstić information content (AvgIpc) is 3.04. The lowest BCUT2D eigenvalue weighted by atomic mass is 10.0. The van der Waals surface area contributed by atoms with Gasteiger partial charge in [0.1, 0.15) is 11.2 Å². The number of halogens is 4. The van der Waals surface area contributed by atoms with Crippen LogP contribution >= 0.6 is 0 Å². The van der Waals surface area contributed by atoms with Gasteiger partial charge < -0.3 is 10.4 Å². The maximum Gasteiger partial charge on any atom is 0.265 e. The molecule has 1 aliphatic rings. The molecule has 32 heavy (non-hydrogen) atoms. The molecule has 4 rings (SSSR count). The third-order valence-corrected chi connectivity index (χ3v) is 6.42. The highest BCUT2D eigenvalue weighted by Crippen LogP contribution is 2.28. The first-order valence-electron chi connectivity index (χ1n) is 9.42. The molecule has 9 nitrogen and oxygen atoms in total. The molecule has 0 bridgehead atoms. The van der Waals surface area contributed by atoms with Crippen molar-refractivity contribution in [2.75, 3.05) is 24.7 Å². The Balaban J connectivity index is 1.64. The molecule has 0 saturated carbocycles. The standard InChI is InChI=1S/C18H18F4N6O3S/c1-32(30,31)27-3-2-12(15(29)8-27)25-18-24-7-14-10(19)5-13(28(14)26-18)16-11(20)4-9(6-23-16)17(21)22/h4-7,12,15,17,29H,2-3,8H2,1H3,(H,25,26)/t12-,15-/m1/s1. The van der Waals surface area contributed by atoms with E-state index < -0.39 is 45.8 Å². The molecule has 3 aromatic heterocycles. The number of nitrogens with one attached hydrogen (secondary N) is 1. The molecule has 0 aliphatic carbocycles. The van der Waals surface area contributed by atoms with E-state index in [0.717, 1.165) is 33.5 Å². The van der Waals surface area contributed by atoms with Gasteiger partial charge in [0.25, 0.3) is 6.43 Å². The van der Waals surface area contributed by atoms with Crippen LogP contribution in [0, 0.1) is 11.6 Å². The third kappa shape index (κ3) is 4.25. The van der Waals surface area contributed by atoms with Crippen LogP contribution in [-0.4, -0.2) is 68.9 Å². The lowest BCUT2D eigenvalue weighted by Crippen LogP contribution is -2.51. The fourth-order valence-electron chi connectivity index (χ4n) is 3.49. The van der Waals surface area contributed by atoms with Gasteiger partial charge in [-0.05, 0) is 12.5 Å². The Labute approximate surface area is 179 Å². The zero-order valence-corrected chi connectivity index (χ0v) is 17.4. The molecule has 172 valence electrons. The van der Waals surface area contributed by atoms with Crippen molar-refractivity contribution in [1.29, 1.82) is 0 Å². The molecule has 1 fully saturated rings. The monoisotopic (exact) mass is 474 g/mol. The van der Waals surface area contributed by atoms with Crippen LogP contribution in [0.4, 0.5) is 23.5 Å². The number of β-amino-alcohol motifs (C(OH)–C–C–N with tert-alkyl or cyclic N) is 1. The predicted molar refractivity (Wildman–Crippen MR) is 106 cm³/mol. The van der Waals surface area contributed by atoms with Crippen molar-refractivity contribution >= 4 is 21.5 Å². The van der Waals surface area contributed by atoms with Gasteiger partial charge in [0, 0.05) is 30.9 Å². The van der Waals surface area contributed by atoms with Crippen molar-refractivity contribution in [2.45, 2.75) is 25.0 Å². The van der Waals surface area contributed by atoms with Gasteiger partial charge in [-0.25, -0.2) is 35.5 Å². The third-order valence-electron chi connectivity index (χ3n) is 5.15. The van der Waals surface area contributed by atoms with E-state index in [1.54, 1.807) is 0 Å². The summed E-state index contributed by atoms with van der Waals surface area (Å²) in [5.41, 5.74) is -1.20. The normalized spacial score (nSPS) is 20.2. The van der Waals surface area contributed by atoms with E-state index in [4.69, 9.17) is 0 Å². The summed E-state index contributed by atoms with van der Waals surface area (Å²) in [7, 11) is -3.45. The number of aromatic nitrogens is 4. The van der Waals surface area contributed by atoms with Crippen molar-refractivity contribution in [1.82, 2.24) is 23.9 Å². The Morgan fingerprint density at radius 3 is 2.56 bits per heavy atom. The number of piperidine rings is 1. The molecule has 2 atom stereocenters. The number of aliphatic hydroxyl groups is 1. The summed E-state index contributed by atoms with van der Waals surface area (Å²) in [5, 5.41) is 17.3. The van der Waals surface area contributed by atoms with E-state index in [0.29, 0.717) is 6.07 Å². The van der Waals surface area contributed by atoms with Gasteiger partial charge in [-0.3, -0.25) is 4.98 Å². The van der Waals surface area contributed by atoms with Crippen LogP contribution in [0.5, 0.6) is 0 Å². The fraction of sp³-hybridized carbons (Fsp3) is 0.389. The van der Waals surface area contributed by atoms with Gasteiger partial charge in [-0.15, -0.1) is 5.10 Å². The smallest absolute Gasteiger partial charge is 0.265 e. The van der Waals surface area contributed by atoms with Crippen LogP contribution in [0.3, 0.4) is 0 Å². The van der Waals surface area contributed by atoms with Gasteiger partial charge in [-0.2, -0.15) is 4.31 Å². The van der Waals surface area contributed by atoms with E-state index in [2.05, 4.69) is 20.4 Å². The van der Waals surface area contributed by atoms with Gasteiger partial charge in [0.05, 0.1) is 30.3 Å². The number of nitrogens with zero attached hydrogens (tertiary/aromatic N) is 5. The van der Waals surface area contributed by atoms with Crippen molar-refractivity contribution < 1.29 is 31.1 Å². The second-order valence-corrected chi connectivity index (χ2v) is 9.37. The second kappa shape index (κ2) is 8.26. The summed E-state index contributed by atoms with van der Waals surface area (Å²) >= 11 is 0. The molecule has 14 heteroatoms. The molecule has 3 aromatic rings. The largest absolute Gasteiger partial charge is 0.390 e. The number of rotatable bonds is 5. The molecule has 1 saturated heterocycles. The highest BCUT2D eigenvalue weighted by Gasteiger charge is 2.32. The Morgan fingerprint density at radius 1 is 1.19 bits per heavy atom. The Kier molecular flexibility index (Phi) is 5.77. The molecule has 0 radical (unpaired) electrons. The molecule has 1 aliphatic heterocycles. The van der Waals surface area contributed by atoms with Gasteiger partial charge in [-0.1, -0.05) is 0 Å². The molecular weight excluding hydrogens is 456 g/mol.